The van der Waals surface area contributed by atoms with Gasteiger partial charge in [-0.1, -0.05) is 13.3 Å². The molecule has 0 saturated heterocycles. The third-order valence-corrected chi connectivity index (χ3v) is 4.82. The largest absolute Gasteiger partial charge is 0.461 e. The number of amides is 1. The van der Waals surface area contributed by atoms with Crippen molar-refractivity contribution in [2.45, 2.75) is 44.9 Å². The van der Waals surface area contributed by atoms with Crippen molar-refractivity contribution in [1.29, 1.82) is 0 Å². The lowest BCUT2D eigenvalue weighted by Gasteiger charge is -2.12. The van der Waals surface area contributed by atoms with Gasteiger partial charge in [-0.2, -0.15) is 0 Å². The van der Waals surface area contributed by atoms with Gasteiger partial charge in [0.1, 0.15) is 23.5 Å². The van der Waals surface area contributed by atoms with E-state index >= 15 is 0 Å². The summed E-state index contributed by atoms with van der Waals surface area (Å²) in [6, 6.07) is 3.16. The van der Waals surface area contributed by atoms with Gasteiger partial charge in [0.2, 0.25) is 5.91 Å². The zero-order valence-corrected chi connectivity index (χ0v) is 15.9. The maximum absolute atomic E-state index is 12.4. The average molecular weight is 385 g/mol. The van der Waals surface area contributed by atoms with Crippen LogP contribution >= 0.6 is 0 Å². The first-order valence-corrected chi connectivity index (χ1v) is 9.18. The fourth-order valence-electron chi connectivity index (χ4n) is 2.90. The number of nitrogens with one attached hydrogen (secondary N) is 2. The normalized spacial score (nSPS) is 14.4. The summed E-state index contributed by atoms with van der Waals surface area (Å²) in [5, 5.41) is 2.91. The summed E-state index contributed by atoms with van der Waals surface area (Å²) in [6.07, 6.45) is 4.28. The molecule has 0 bridgehead atoms. The lowest BCUT2D eigenvalue weighted by Crippen LogP contribution is -2.29. The zero-order valence-electron chi connectivity index (χ0n) is 15.9. The number of carbonyl (C=O) groups excluding carboxylic acids is 2. The van der Waals surface area contributed by atoms with Crippen LogP contribution in [0.2, 0.25) is 0 Å². The Labute approximate surface area is 161 Å². The number of aromatic nitrogens is 3. The highest BCUT2D eigenvalue weighted by atomic mass is 16.5. The van der Waals surface area contributed by atoms with Gasteiger partial charge in [0.15, 0.2) is 0 Å². The summed E-state index contributed by atoms with van der Waals surface area (Å²) in [7, 11) is 0. The number of nitrogens with zero attached hydrogens (tertiary/aromatic N) is 2. The van der Waals surface area contributed by atoms with Crippen LogP contribution < -0.4 is 16.6 Å². The molecule has 28 heavy (non-hydrogen) atoms. The highest BCUT2D eigenvalue weighted by molar-refractivity contribution is 5.90. The predicted molar refractivity (Wildman–Crippen MR) is 102 cm³/mol. The minimum absolute atomic E-state index is 0.126. The van der Waals surface area contributed by atoms with Gasteiger partial charge in [-0.25, -0.2) is 14.8 Å². The van der Waals surface area contributed by atoms with E-state index in [9.17, 15) is 14.4 Å². The summed E-state index contributed by atoms with van der Waals surface area (Å²) in [5.74, 6) is -0.617. The maximum atomic E-state index is 12.4. The first-order chi connectivity index (χ1) is 13.4. The van der Waals surface area contributed by atoms with Crippen LogP contribution in [-0.4, -0.2) is 33.4 Å². The average Bonchev–Trinajstić information content (AvgIpc) is 3.47. The summed E-state index contributed by atoms with van der Waals surface area (Å²) in [4.78, 5) is 47.0. The van der Waals surface area contributed by atoms with E-state index in [0.29, 0.717) is 36.5 Å². The molecule has 1 aliphatic rings. The second-order valence-electron chi connectivity index (χ2n) is 6.92. The van der Waals surface area contributed by atoms with E-state index < -0.39 is 22.9 Å². The quantitative estimate of drug-likeness (QED) is 0.464. The first-order valence-electron chi connectivity index (χ1n) is 9.18. The molecule has 1 aliphatic carbocycles. The molecule has 0 aliphatic heterocycles. The molecule has 1 saturated carbocycles. The standard InChI is InChI=1S/C19H23N5O4/c1-3-4-7-28-17(26)15-11(2)8-12(16(25)24-15)23-14-9-13(21-10-22-14)19(5-6-19)18(20)27/h8-10H,3-7H2,1-2H3,(H2,20,27)(H,24,25)(H,21,22,23). The monoisotopic (exact) mass is 385 g/mol. The molecule has 1 fully saturated rings. The van der Waals surface area contributed by atoms with Crippen molar-refractivity contribution >= 4 is 23.4 Å². The highest BCUT2D eigenvalue weighted by Gasteiger charge is 2.51. The second-order valence-corrected chi connectivity index (χ2v) is 6.92. The highest BCUT2D eigenvalue weighted by Crippen LogP contribution is 2.47. The number of aryl methyl sites for hydroxylation is 1. The number of unbranched alkanes of at least 4 members (excludes halogenated alkanes) is 1. The van der Waals surface area contributed by atoms with Crippen LogP contribution in [-0.2, 0) is 14.9 Å². The van der Waals surface area contributed by atoms with E-state index in [1.54, 1.807) is 19.1 Å². The van der Waals surface area contributed by atoms with Gasteiger partial charge >= 0.3 is 5.97 Å². The molecule has 0 unspecified atom stereocenters. The topological polar surface area (TPSA) is 140 Å². The fraction of sp³-hybridized carbons (Fsp3) is 0.421. The molecule has 2 heterocycles. The van der Waals surface area contributed by atoms with Crippen LogP contribution in [0, 0.1) is 6.92 Å². The van der Waals surface area contributed by atoms with Crippen LogP contribution in [0.3, 0.4) is 0 Å². The Hall–Kier alpha value is -3.23. The van der Waals surface area contributed by atoms with Gasteiger partial charge in [-0.3, -0.25) is 9.59 Å². The lowest BCUT2D eigenvalue weighted by molar-refractivity contribution is -0.120. The van der Waals surface area contributed by atoms with Crippen molar-refractivity contribution in [3.8, 4) is 0 Å². The number of hydrogen-bond acceptors (Lipinski definition) is 7. The third kappa shape index (κ3) is 3.88. The number of ether oxygens (including phenoxy) is 1. The third-order valence-electron chi connectivity index (χ3n) is 4.82. The summed E-state index contributed by atoms with van der Waals surface area (Å²) in [5.41, 5.74) is 5.69. The van der Waals surface area contributed by atoms with Crippen LogP contribution in [0.15, 0.2) is 23.3 Å². The van der Waals surface area contributed by atoms with Crippen molar-refractivity contribution in [2.75, 3.05) is 11.9 Å². The number of hydrogen-bond donors (Lipinski definition) is 3. The number of rotatable bonds is 8. The van der Waals surface area contributed by atoms with Gasteiger partial charge in [0.05, 0.1) is 17.7 Å². The number of aromatic amines is 1. The summed E-state index contributed by atoms with van der Waals surface area (Å²) < 4.78 is 5.15. The minimum atomic E-state index is -0.742. The van der Waals surface area contributed by atoms with E-state index in [2.05, 4.69) is 20.3 Å². The number of nitrogens with two attached hydrogens (primary N) is 1. The number of carbonyl (C=O) groups is 2. The van der Waals surface area contributed by atoms with Crippen molar-refractivity contribution in [2.24, 2.45) is 5.73 Å². The molecule has 148 valence electrons. The second kappa shape index (κ2) is 7.79. The van der Waals surface area contributed by atoms with Crippen LogP contribution in [0.1, 0.15) is 54.4 Å². The van der Waals surface area contributed by atoms with E-state index in [4.69, 9.17) is 10.5 Å². The molecule has 0 radical (unpaired) electrons. The molecular weight excluding hydrogens is 362 g/mol. The molecule has 1 amide bonds. The summed E-state index contributed by atoms with van der Waals surface area (Å²) >= 11 is 0. The number of H-pyrrole nitrogens is 1. The first kappa shape index (κ1) is 19.5. The molecule has 0 spiro atoms. The molecule has 0 atom stereocenters. The Kier molecular flexibility index (Phi) is 5.43. The molecule has 0 aromatic carbocycles. The maximum Gasteiger partial charge on any atom is 0.355 e. The fourth-order valence-corrected chi connectivity index (χ4v) is 2.90. The minimum Gasteiger partial charge on any atom is -0.461 e. The van der Waals surface area contributed by atoms with E-state index in [1.165, 1.54) is 6.33 Å². The molecule has 4 N–H and O–H groups in total. The van der Waals surface area contributed by atoms with Gasteiger partial charge in [-0.05, 0) is 37.8 Å². The smallest absolute Gasteiger partial charge is 0.355 e. The number of primary amides is 1. The van der Waals surface area contributed by atoms with E-state index in [-0.39, 0.29) is 11.4 Å². The van der Waals surface area contributed by atoms with Crippen molar-refractivity contribution in [1.82, 2.24) is 15.0 Å². The molecule has 2 aromatic rings. The Bertz CT molecular complexity index is 965. The van der Waals surface area contributed by atoms with E-state index in [1.807, 2.05) is 6.92 Å². The van der Waals surface area contributed by atoms with Crippen molar-refractivity contribution < 1.29 is 14.3 Å². The van der Waals surface area contributed by atoms with Gasteiger partial charge < -0.3 is 20.8 Å². The Morgan fingerprint density at radius 1 is 1.32 bits per heavy atom. The Morgan fingerprint density at radius 2 is 2.07 bits per heavy atom. The predicted octanol–water partition coefficient (Wildman–Crippen LogP) is 1.69. The van der Waals surface area contributed by atoms with E-state index in [0.717, 1.165) is 12.8 Å². The SMILES string of the molecule is CCCCOC(=O)c1[nH]c(=O)c(Nc2cc(C3(C(N)=O)CC3)ncn2)cc1C. The van der Waals surface area contributed by atoms with Crippen LogP contribution in [0.25, 0.3) is 0 Å². The Morgan fingerprint density at radius 3 is 2.71 bits per heavy atom. The molecule has 9 heteroatoms. The van der Waals surface area contributed by atoms with Crippen molar-refractivity contribution in [3.63, 3.8) is 0 Å². The number of anilines is 2. The summed E-state index contributed by atoms with van der Waals surface area (Å²) in [6.45, 7) is 4.01. The zero-order chi connectivity index (χ0) is 20.3. The lowest BCUT2D eigenvalue weighted by atomic mass is 10.0. The van der Waals surface area contributed by atoms with Gasteiger partial charge in [-0.15, -0.1) is 0 Å². The van der Waals surface area contributed by atoms with Gasteiger partial charge in [0.25, 0.3) is 5.56 Å². The molecule has 9 nitrogen and oxygen atoms in total. The number of pyridine rings is 1. The molecular formula is C19H23N5O4. The Balaban J connectivity index is 1.80. The molecule has 2 aromatic heterocycles. The van der Waals surface area contributed by atoms with Crippen LogP contribution in [0.4, 0.5) is 11.5 Å². The van der Waals surface area contributed by atoms with Gasteiger partial charge in [0, 0.05) is 6.07 Å². The van der Waals surface area contributed by atoms with Crippen molar-refractivity contribution in [3.05, 3.63) is 45.8 Å². The number of esters is 1. The molecule has 3 rings (SSSR count). The van der Waals surface area contributed by atoms with Crippen LogP contribution in [0.5, 0.6) is 0 Å².